The van der Waals surface area contributed by atoms with Crippen LogP contribution in [0.4, 0.5) is 0 Å². The largest absolute Gasteiger partial charge is 0.228 e. The van der Waals surface area contributed by atoms with Crippen LogP contribution in [0.25, 0.3) is 87.1 Å². The van der Waals surface area contributed by atoms with Gasteiger partial charge in [-0.25, -0.2) is 9.97 Å². The topological polar surface area (TPSA) is 25.8 Å². The first kappa shape index (κ1) is 29.1. The summed E-state index contributed by atoms with van der Waals surface area (Å²) < 4.78 is 2.53. The number of fused-ring (bicyclic) bond motifs is 7. The fourth-order valence-corrected chi connectivity index (χ4v) is 9.35. The molecular weight excluding hydrogens is 625 g/mol. The van der Waals surface area contributed by atoms with E-state index >= 15 is 0 Å². The normalized spacial score (nSPS) is 13.2. The van der Waals surface area contributed by atoms with Crippen molar-refractivity contribution in [2.24, 2.45) is 0 Å². The zero-order chi connectivity index (χ0) is 33.4. The Bertz CT molecular complexity index is 2790. The second-order valence-corrected chi connectivity index (χ2v) is 14.8. The summed E-state index contributed by atoms with van der Waals surface area (Å²) in [7, 11) is 0. The molecule has 2 aromatic heterocycles. The molecule has 1 aliphatic rings. The maximum atomic E-state index is 5.27. The van der Waals surface area contributed by atoms with Gasteiger partial charge in [-0.3, -0.25) is 0 Å². The standard InChI is InChI=1S/C47H32N2S/c1-47(2)39-23-10-8-19-37(39)44-35(20-13-24-40(44)47)32-26-27-33(31-17-7-6-16-30(31)32)41-28-42(49-46(48-41)29-14-4-3-5-15-29)38-22-12-21-36-34-18-9-11-25-43(34)50-45(36)38/h3-28H,1-2H3. The zero-order valence-corrected chi connectivity index (χ0v) is 28.6. The van der Waals surface area contributed by atoms with E-state index in [0.29, 0.717) is 0 Å². The molecule has 0 fully saturated rings. The van der Waals surface area contributed by atoms with Gasteiger partial charge in [0.15, 0.2) is 5.82 Å². The van der Waals surface area contributed by atoms with E-state index in [4.69, 9.17) is 9.97 Å². The smallest absolute Gasteiger partial charge is 0.160 e. The molecule has 0 spiro atoms. The minimum Gasteiger partial charge on any atom is -0.228 e. The molecule has 7 aromatic carbocycles. The van der Waals surface area contributed by atoms with Crippen molar-refractivity contribution >= 4 is 42.3 Å². The van der Waals surface area contributed by atoms with Gasteiger partial charge in [0.1, 0.15) is 0 Å². The summed E-state index contributed by atoms with van der Waals surface area (Å²) >= 11 is 1.83. The van der Waals surface area contributed by atoms with Crippen molar-refractivity contribution in [3.8, 4) is 56.2 Å². The van der Waals surface area contributed by atoms with Crippen LogP contribution in [0.5, 0.6) is 0 Å². The van der Waals surface area contributed by atoms with Crippen molar-refractivity contribution in [2.45, 2.75) is 19.3 Å². The molecule has 0 radical (unpaired) electrons. The number of aromatic nitrogens is 2. The molecule has 0 atom stereocenters. The van der Waals surface area contributed by atoms with E-state index in [9.17, 15) is 0 Å². The highest BCUT2D eigenvalue weighted by molar-refractivity contribution is 7.26. The number of benzene rings is 7. The minimum absolute atomic E-state index is 0.0554. The molecule has 2 heterocycles. The molecule has 0 bridgehead atoms. The first-order valence-corrected chi connectivity index (χ1v) is 18.0. The average molecular weight is 657 g/mol. The average Bonchev–Trinajstić information content (AvgIpc) is 3.67. The van der Waals surface area contributed by atoms with Gasteiger partial charge >= 0.3 is 0 Å². The Labute approximate surface area is 295 Å². The number of hydrogen-bond donors (Lipinski definition) is 0. The van der Waals surface area contributed by atoms with Crippen LogP contribution in [-0.4, -0.2) is 9.97 Å². The van der Waals surface area contributed by atoms with Gasteiger partial charge in [-0.1, -0.05) is 159 Å². The Balaban J connectivity index is 1.21. The summed E-state index contributed by atoms with van der Waals surface area (Å²) in [5.41, 5.74) is 13.0. The maximum Gasteiger partial charge on any atom is 0.160 e. The summed E-state index contributed by atoms with van der Waals surface area (Å²) in [5.74, 6) is 0.726. The second kappa shape index (κ2) is 11.1. The van der Waals surface area contributed by atoms with Gasteiger partial charge in [-0.2, -0.15) is 0 Å². The fraction of sp³-hybridized carbons (Fsp3) is 0.0638. The highest BCUT2D eigenvalue weighted by Gasteiger charge is 2.36. The Hall–Kier alpha value is -5.90. The Morgan fingerprint density at radius 2 is 1.02 bits per heavy atom. The molecule has 3 heteroatoms. The molecule has 0 amide bonds. The van der Waals surface area contributed by atoms with Crippen molar-refractivity contribution in [1.82, 2.24) is 9.97 Å². The Kier molecular flexibility index (Phi) is 6.43. The number of hydrogen-bond acceptors (Lipinski definition) is 3. The molecule has 1 aliphatic carbocycles. The summed E-state index contributed by atoms with van der Waals surface area (Å²) in [5, 5.41) is 4.94. The van der Waals surface area contributed by atoms with Gasteiger partial charge in [-0.15, -0.1) is 11.3 Å². The molecule has 9 aromatic rings. The monoisotopic (exact) mass is 656 g/mol. The van der Waals surface area contributed by atoms with Crippen molar-refractivity contribution < 1.29 is 0 Å². The van der Waals surface area contributed by atoms with Crippen molar-refractivity contribution in [3.63, 3.8) is 0 Å². The third-order valence-electron chi connectivity index (χ3n) is 10.5. The number of nitrogens with zero attached hydrogens (tertiary/aromatic N) is 2. The van der Waals surface area contributed by atoms with Crippen LogP contribution in [-0.2, 0) is 5.41 Å². The van der Waals surface area contributed by atoms with Crippen LogP contribution in [0.15, 0.2) is 158 Å². The quantitative estimate of drug-likeness (QED) is 0.188. The molecule has 0 aliphatic heterocycles. The van der Waals surface area contributed by atoms with E-state index in [1.807, 2.05) is 17.4 Å². The van der Waals surface area contributed by atoms with E-state index in [-0.39, 0.29) is 5.41 Å². The summed E-state index contributed by atoms with van der Waals surface area (Å²) in [6, 6.07) is 56.9. The van der Waals surface area contributed by atoms with E-state index in [1.165, 1.54) is 64.3 Å². The molecule has 0 saturated carbocycles. The SMILES string of the molecule is CC1(C)c2ccccc2-c2c(-c3ccc(-c4cc(-c5cccc6c5sc5ccccc56)nc(-c5ccccc5)n4)c4ccccc34)cccc21. The van der Waals surface area contributed by atoms with Gasteiger partial charge in [0, 0.05) is 42.3 Å². The Morgan fingerprint density at radius 1 is 0.440 bits per heavy atom. The van der Waals surface area contributed by atoms with Gasteiger partial charge < -0.3 is 0 Å². The first-order chi connectivity index (χ1) is 24.6. The van der Waals surface area contributed by atoms with Crippen molar-refractivity contribution in [1.29, 1.82) is 0 Å². The van der Waals surface area contributed by atoms with Crippen LogP contribution >= 0.6 is 11.3 Å². The molecule has 2 nitrogen and oxygen atoms in total. The van der Waals surface area contributed by atoms with E-state index in [0.717, 1.165) is 33.9 Å². The summed E-state index contributed by atoms with van der Waals surface area (Å²) in [6.07, 6.45) is 0. The Morgan fingerprint density at radius 3 is 1.86 bits per heavy atom. The summed E-state index contributed by atoms with van der Waals surface area (Å²) in [6.45, 7) is 4.69. The summed E-state index contributed by atoms with van der Waals surface area (Å²) in [4.78, 5) is 10.5. The van der Waals surface area contributed by atoms with Gasteiger partial charge in [0.25, 0.3) is 0 Å². The van der Waals surface area contributed by atoms with Crippen LogP contribution in [0.1, 0.15) is 25.0 Å². The van der Waals surface area contributed by atoms with Crippen LogP contribution in [0.3, 0.4) is 0 Å². The third-order valence-corrected chi connectivity index (χ3v) is 11.8. The number of rotatable bonds is 4. The molecular formula is C47H32N2S. The highest BCUT2D eigenvalue weighted by atomic mass is 32.1. The highest BCUT2D eigenvalue weighted by Crippen LogP contribution is 2.53. The molecule has 50 heavy (non-hydrogen) atoms. The second-order valence-electron chi connectivity index (χ2n) is 13.7. The fourth-order valence-electron chi connectivity index (χ4n) is 8.12. The van der Waals surface area contributed by atoms with Gasteiger partial charge in [-0.05, 0) is 56.3 Å². The van der Waals surface area contributed by atoms with Gasteiger partial charge in [0.2, 0.25) is 0 Å². The van der Waals surface area contributed by atoms with Crippen molar-refractivity contribution in [3.05, 3.63) is 169 Å². The van der Waals surface area contributed by atoms with E-state index in [2.05, 4.69) is 166 Å². The predicted octanol–water partition coefficient (Wildman–Crippen LogP) is 13.0. The molecule has 0 unspecified atom stereocenters. The molecule has 236 valence electrons. The number of thiophene rings is 1. The van der Waals surface area contributed by atoms with Crippen LogP contribution < -0.4 is 0 Å². The maximum absolute atomic E-state index is 5.27. The molecule has 0 N–H and O–H groups in total. The lowest BCUT2D eigenvalue weighted by Gasteiger charge is -2.22. The zero-order valence-electron chi connectivity index (χ0n) is 27.8. The van der Waals surface area contributed by atoms with Crippen LogP contribution in [0, 0.1) is 0 Å². The molecule has 0 saturated heterocycles. The van der Waals surface area contributed by atoms with E-state index < -0.39 is 0 Å². The van der Waals surface area contributed by atoms with E-state index in [1.54, 1.807) is 0 Å². The van der Waals surface area contributed by atoms with Gasteiger partial charge in [0.05, 0.1) is 11.4 Å². The lowest BCUT2D eigenvalue weighted by molar-refractivity contribution is 0.660. The first-order valence-electron chi connectivity index (χ1n) is 17.2. The lowest BCUT2D eigenvalue weighted by Crippen LogP contribution is -2.14. The van der Waals surface area contributed by atoms with Crippen molar-refractivity contribution in [2.75, 3.05) is 0 Å². The third kappa shape index (κ3) is 4.33. The minimum atomic E-state index is -0.0554. The lowest BCUT2D eigenvalue weighted by atomic mass is 9.81. The molecule has 10 rings (SSSR count). The predicted molar refractivity (Wildman–Crippen MR) is 212 cm³/mol. The van der Waals surface area contributed by atoms with Crippen LogP contribution in [0.2, 0.25) is 0 Å².